The van der Waals surface area contributed by atoms with Crippen LogP contribution in [0.1, 0.15) is 45.7 Å². The average molecular weight is 562 g/mol. The summed E-state index contributed by atoms with van der Waals surface area (Å²) >= 11 is 3.62. The first kappa shape index (κ1) is 25.3. The lowest BCUT2D eigenvalue weighted by atomic mass is 9.93. The van der Waals surface area contributed by atoms with Crippen molar-refractivity contribution in [1.82, 2.24) is 19.7 Å². The molecule has 0 aliphatic carbocycles. The van der Waals surface area contributed by atoms with E-state index in [9.17, 15) is 9.59 Å². The monoisotopic (exact) mass is 560 g/mol. The van der Waals surface area contributed by atoms with Crippen LogP contribution in [0.15, 0.2) is 65.8 Å². The van der Waals surface area contributed by atoms with Crippen molar-refractivity contribution in [1.29, 1.82) is 0 Å². The van der Waals surface area contributed by atoms with Crippen LogP contribution in [0.3, 0.4) is 0 Å². The van der Waals surface area contributed by atoms with E-state index in [1.54, 1.807) is 6.08 Å². The highest BCUT2D eigenvalue weighted by Crippen LogP contribution is 2.36. The van der Waals surface area contributed by atoms with Crippen molar-refractivity contribution >= 4 is 38.6 Å². The van der Waals surface area contributed by atoms with Gasteiger partial charge in [-0.2, -0.15) is 0 Å². The van der Waals surface area contributed by atoms with Crippen LogP contribution in [-0.2, 0) is 17.8 Å². The summed E-state index contributed by atoms with van der Waals surface area (Å²) < 4.78 is 2.92. The van der Waals surface area contributed by atoms with E-state index in [1.165, 1.54) is 11.1 Å². The van der Waals surface area contributed by atoms with Gasteiger partial charge >= 0.3 is 0 Å². The minimum absolute atomic E-state index is 0.0127. The maximum absolute atomic E-state index is 14.1. The molecule has 3 heterocycles. The highest BCUT2D eigenvalue weighted by atomic mass is 79.9. The van der Waals surface area contributed by atoms with E-state index >= 15 is 0 Å². The van der Waals surface area contributed by atoms with Gasteiger partial charge in [0.1, 0.15) is 6.54 Å². The number of likely N-dealkylation sites (tertiary alicyclic amines) is 1. The van der Waals surface area contributed by atoms with Gasteiger partial charge in [0.05, 0.1) is 23.2 Å². The Morgan fingerprint density at radius 3 is 2.65 bits per heavy atom. The van der Waals surface area contributed by atoms with E-state index in [2.05, 4.69) is 64.4 Å². The number of hydrogen-bond acceptors (Lipinski definition) is 3. The number of benzene rings is 2. The highest BCUT2D eigenvalue weighted by molar-refractivity contribution is 9.10. The average Bonchev–Trinajstić information content (AvgIpc) is 3.11. The molecule has 1 saturated heterocycles. The van der Waals surface area contributed by atoms with E-state index in [0.29, 0.717) is 12.1 Å². The molecule has 2 aliphatic rings. The molecule has 1 N–H and O–H groups in total. The molecular weight excluding hydrogens is 528 g/mol. The van der Waals surface area contributed by atoms with Crippen LogP contribution >= 0.6 is 15.9 Å². The Kier molecular flexibility index (Phi) is 6.75. The van der Waals surface area contributed by atoms with E-state index in [0.717, 1.165) is 51.8 Å². The zero-order chi connectivity index (χ0) is 26.4. The van der Waals surface area contributed by atoms with Crippen molar-refractivity contribution in [2.45, 2.75) is 45.8 Å². The molecule has 0 radical (unpaired) electrons. The number of rotatable bonds is 6. The second-order valence-corrected chi connectivity index (χ2v) is 11.1. The molecule has 0 bridgehead atoms. The van der Waals surface area contributed by atoms with Gasteiger partial charge in [0.15, 0.2) is 0 Å². The minimum Gasteiger partial charge on any atom is -0.368 e. The number of hydrogen-bond donors (Lipinski definition) is 1. The minimum atomic E-state index is -0.0598. The first-order valence-electron chi connectivity index (χ1n) is 12.7. The number of carbonyl (C=O) groups excluding carboxylic acids is 2. The summed E-state index contributed by atoms with van der Waals surface area (Å²) in [5.41, 5.74) is 6.83. The SMILES string of the molecule is C=CC(=C)N1CC(NC(=O)Cn2c(C)c(C(=O)N3CCc4ccccc4C3C)c3cc(Br)cc(C)c32)C1. The van der Waals surface area contributed by atoms with Crippen molar-refractivity contribution in [2.24, 2.45) is 0 Å². The topological polar surface area (TPSA) is 57.6 Å². The molecule has 1 fully saturated rings. The lowest BCUT2D eigenvalue weighted by molar-refractivity contribution is -0.123. The highest BCUT2D eigenvalue weighted by Gasteiger charge is 2.33. The zero-order valence-corrected chi connectivity index (χ0v) is 23.3. The quantitative estimate of drug-likeness (QED) is 0.417. The van der Waals surface area contributed by atoms with Gasteiger partial charge in [0.25, 0.3) is 5.91 Å². The van der Waals surface area contributed by atoms with E-state index in [1.807, 2.05) is 41.5 Å². The van der Waals surface area contributed by atoms with Crippen molar-refractivity contribution in [3.8, 4) is 0 Å². The lowest BCUT2D eigenvalue weighted by Crippen LogP contribution is -2.58. The van der Waals surface area contributed by atoms with Crippen LogP contribution in [0.4, 0.5) is 0 Å². The van der Waals surface area contributed by atoms with E-state index in [4.69, 9.17) is 0 Å². The molecule has 7 heteroatoms. The first-order valence-corrected chi connectivity index (χ1v) is 13.5. The maximum Gasteiger partial charge on any atom is 0.256 e. The third kappa shape index (κ3) is 4.50. The molecule has 6 nitrogen and oxygen atoms in total. The fourth-order valence-electron chi connectivity index (χ4n) is 5.79. The maximum atomic E-state index is 14.1. The smallest absolute Gasteiger partial charge is 0.256 e. The van der Waals surface area contributed by atoms with Gasteiger partial charge in [0, 0.05) is 40.9 Å². The predicted molar refractivity (Wildman–Crippen MR) is 152 cm³/mol. The van der Waals surface area contributed by atoms with Gasteiger partial charge in [-0.1, -0.05) is 53.4 Å². The second-order valence-electron chi connectivity index (χ2n) is 10.2. The van der Waals surface area contributed by atoms with Crippen LogP contribution in [0.25, 0.3) is 10.9 Å². The normalized spacial score (nSPS) is 17.4. The third-order valence-electron chi connectivity index (χ3n) is 7.83. The molecule has 2 aliphatic heterocycles. The van der Waals surface area contributed by atoms with E-state index in [-0.39, 0.29) is 30.4 Å². The zero-order valence-electron chi connectivity index (χ0n) is 21.7. The summed E-state index contributed by atoms with van der Waals surface area (Å²) in [7, 11) is 0. The number of allylic oxidation sites excluding steroid dienone is 1. The first-order chi connectivity index (χ1) is 17.7. The Balaban J connectivity index is 1.45. The standard InChI is InChI=1S/C30H33BrN4O2/c1-6-19(3)33-15-24(16-33)32-27(36)17-35-21(5)28(26-14-23(31)13-18(2)29(26)35)30(37)34-12-11-22-9-7-8-10-25(22)20(34)4/h6-10,13-14,20,24H,1,3,11-12,15-17H2,2,4-5H3,(H,32,36). The Morgan fingerprint density at radius 1 is 1.19 bits per heavy atom. The van der Waals surface area contributed by atoms with Crippen molar-refractivity contribution in [3.05, 3.63) is 93.7 Å². The van der Waals surface area contributed by atoms with Gasteiger partial charge in [-0.05, 0) is 62.1 Å². The van der Waals surface area contributed by atoms with Crippen molar-refractivity contribution < 1.29 is 9.59 Å². The van der Waals surface area contributed by atoms with Crippen LogP contribution in [0.5, 0.6) is 0 Å². The van der Waals surface area contributed by atoms with Gasteiger partial charge in [0.2, 0.25) is 5.91 Å². The molecule has 37 heavy (non-hydrogen) atoms. The fraction of sp³-hybridized carbons (Fsp3) is 0.333. The van der Waals surface area contributed by atoms with Crippen LogP contribution in [0, 0.1) is 13.8 Å². The summed E-state index contributed by atoms with van der Waals surface area (Å²) in [5.74, 6) is -0.0471. The van der Waals surface area contributed by atoms with Gasteiger partial charge in [-0.25, -0.2) is 0 Å². The fourth-order valence-corrected chi connectivity index (χ4v) is 6.37. The Labute approximate surface area is 226 Å². The number of carbonyl (C=O) groups is 2. The molecule has 0 spiro atoms. The Bertz CT molecular complexity index is 1430. The molecule has 0 saturated carbocycles. The van der Waals surface area contributed by atoms with Crippen molar-refractivity contribution in [3.63, 3.8) is 0 Å². The van der Waals surface area contributed by atoms with Crippen LogP contribution < -0.4 is 5.32 Å². The molecule has 1 aromatic heterocycles. The van der Waals surface area contributed by atoms with Gasteiger partial charge in [-0.3, -0.25) is 9.59 Å². The Hall–Kier alpha value is -3.32. The Morgan fingerprint density at radius 2 is 1.92 bits per heavy atom. The molecule has 2 amide bonds. The molecule has 2 aromatic carbocycles. The molecular formula is C30H33BrN4O2. The molecule has 1 unspecified atom stereocenters. The summed E-state index contributed by atoms with van der Waals surface area (Å²) in [6, 6.07) is 12.5. The number of aryl methyl sites for hydroxylation is 1. The van der Waals surface area contributed by atoms with Gasteiger partial charge in [-0.15, -0.1) is 0 Å². The van der Waals surface area contributed by atoms with E-state index < -0.39 is 0 Å². The molecule has 3 aromatic rings. The summed E-state index contributed by atoms with van der Waals surface area (Å²) in [6.07, 6.45) is 2.57. The third-order valence-corrected chi connectivity index (χ3v) is 8.29. The number of amides is 2. The van der Waals surface area contributed by atoms with Gasteiger partial charge < -0.3 is 19.7 Å². The lowest BCUT2D eigenvalue weighted by Gasteiger charge is -2.41. The molecule has 192 valence electrons. The van der Waals surface area contributed by atoms with Crippen LogP contribution in [-0.4, -0.2) is 51.9 Å². The largest absolute Gasteiger partial charge is 0.368 e. The number of nitrogens with zero attached hydrogens (tertiary/aromatic N) is 3. The molecule has 5 rings (SSSR count). The molecule has 1 atom stereocenters. The van der Waals surface area contributed by atoms with Crippen molar-refractivity contribution in [2.75, 3.05) is 19.6 Å². The predicted octanol–water partition coefficient (Wildman–Crippen LogP) is 5.28. The number of halogens is 1. The number of aromatic nitrogens is 1. The summed E-state index contributed by atoms with van der Waals surface area (Å²) in [5, 5.41) is 4.01. The number of nitrogens with one attached hydrogen (secondary N) is 1. The van der Waals surface area contributed by atoms with Crippen LogP contribution in [0.2, 0.25) is 0 Å². The number of fused-ring (bicyclic) bond motifs is 2. The summed E-state index contributed by atoms with van der Waals surface area (Å²) in [6.45, 7) is 16.1. The summed E-state index contributed by atoms with van der Waals surface area (Å²) in [4.78, 5) is 31.3. The second kappa shape index (κ2) is 9.86.